The van der Waals surface area contributed by atoms with Gasteiger partial charge < -0.3 is 5.11 Å². The Morgan fingerprint density at radius 2 is 1.70 bits per heavy atom. The number of Topliss-reactive ketones (excluding diaryl/α,β-unsaturated/α-hetero) is 1. The number of carbonyl (C=O) groups is 3. The monoisotopic (exact) mass is 501 g/mol. The maximum atomic E-state index is 14.3. The lowest BCUT2D eigenvalue weighted by Crippen LogP contribution is -2.66. The van der Waals surface area contributed by atoms with Gasteiger partial charge in [0.25, 0.3) is 0 Å². The Morgan fingerprint density at radius 3 is 2.30 bits per heavy atom. The summed E-state index contributed by atoms with van der Waals surface area (Å²) in [5.41, 5.74) is -2.74. The van der Waals surface area contributed by atoms with Crippen LogP contribution in [0.15, 0.2) is 23.3 Å². The number of terminal acetylenes is 1. The minimum Gasteiger partial charge on any atom is -0.481 e. The van der Waals surface area contributed by atoms with Crippen molar-refractivity contribution in [3.63, 3.8) is 0 Å². The molecule has 0 aliphatic heterocycles. The number of hydrogen-bond donors (Lipinski definition) is 1. The zero-order valence-electron chi connectivity index (χ0n) is 23.0. The fourth-order valence-electron chi connectivity index (χ4n) is 9.94. The fraction of sp³-hybridized carbons (Fsp3) is 0.688. The smallest absolute Gasteiger partial charge is 0.309 e. The van der Waals surface area contributed by atoms with Gasteiger partial charge in [-0.1, -0.05) is 53.5 Å². The second-order valence-corrected chi connectivity index (χ2v) is 14.4. The molecule has 5 rings (SSSR count). The van der Waals surface area contributed by atoms with E-state index in [0.29, 0.717) is 38.5 Å². The number of rotatable bonds is 1. The molecular weight excluding hydrogens is 462 g/mol. The number of ketones is 2. The molecule has 1 N–H and O–H groups in total. The predicted molar refractivity (Wildman–Crippen MR) is 140 cm³/mol. The van der Waals surface area contributed by atoms with Gasteiger partial charge in [0.1, 0.15) is 6.07 Å². The van der Waals surface area contributed by atoms with Gasteiger partial charge in [0.05, 0.1) is 16.4 Å². The highest BCUT2D eigenvalue weighted by molar-refractivity contribution is 6.04. The Hall–Kier alpha value is -2.66. The van der Waals surface area contributed by atoms with Crippen molar-refractivity contribution >= 4 is 17.5 Å². The van der Waals surface area contributed by atoms with Crippen molar-refractivity contribution in [2.45, 2.75) is 86.5 Å². The molecule has 3 saturated carbocycles. The number of carboxylic acids is 1. The molecule has 0 aromatic heterocycles. The summed E-state index contributed by atoms with van der Waals surface area (Å²) < 4.78 is 0. The topological polar surface area (TPSA) is 95.2 Å². The van der Waals surface area contributed by atoms with E-state index in [1.807, 2.05) is 20.8 Å². The first-order valence-corrected chi connectivity index (χ1v) is 13.7. The summed E-state index contributed by atoms with van der Waals surface area (Å²) in [6.07, 6.45) is 14.6. The van der Waals surface area contributed by atoms with Crippen molar-refractivity contribution in [2.75, 3.05) is 0 Å². The van der Waals surface area contributed by atoms with Crippen molar-refractivity contribution in [2.24, 2.45) is 50.2 Å². The van der Waals surface area contributed by atoms with Crippen LogP contribution in [0.5, 0.6) is 0 Å². The number of carboxylic acid groups (broad SMARTS) is 1. The number of aliphatic carboxylic acids is 1. The highest BCUT2D eigenvalue weighted by Crippen LogP contribution is 2.74. The third-order valence-corrected chi connectivity index (χ3v) is 12.0. The van der Waals surface area contributed by atoms with Gasteiger partial charge in [-0.3, -0.25) is 14.4 Å². The van der Waals surface area contributed by atoms with Gasteiger partial charge in [0.2, 0.25) is 0 Å². The number of carbonyl (C=O) groups excluding carboxylic acids is 2. The highest BCUT2D eigenvalue weighted by Gasteiger charge is 2.72. The van der Waals surface area contributed by atoms with Crippen LogP contribution in [-0.2, 0) is 14.4 Å². The lowest BCUT2D eigenvalue weighted by atomic mass is 9.34. The van der Waals surface area contributed by atoms with Crippen LogP contribution in [0, 0.1) is 73.9 Å². The van der Waals surface area contributed by atoms with Gasteiger partial charge in [0, 0.05) is 16.7 Å². The minimum absolute atomic E-state index is 0.0279. The molecule has 0 bridgehead atoms. The lowest BCUT2D eigenvalue weighted by molar-refractivity contribution is -0.185. The minimum atomic E-state index is -0.898. The van der Waals surface area contributed by atoms with Crippen LogP contribution in [0.3, 0.4) is 0 Å². The molecule has 37 heavy (non-hydrogen) atoms. The predicted octanol–water partition coefficient (Wildman–Crippen LogP) is 5.90. The van der Waals surface area contributed by atoms with E-state index in [-0.39, 0.29) is 34.4 Å². The van der Waals surface area contributed by atoms with E-state index in [2.05, 4.69) is 32.8 Å². The Kier molecular flexibility index (Phi) is 5.24. The molecular formula is C32H39NO4. The first kappa shape index (κ1) is 26.0. The molecule has 0 spiro atoms. The number of nitriles is 1. The number of fused-ring (bicyclic) bond motifs is 7. The first-order chi connectivity index (χ1) is 17.1. The van der Waals surface area contributed by atoms with Crippen LogP contribution in [0.1, 0.15) is 86.5 Å². The largest absolute Gasteiger partial charge is 0.481 e. The third kappa shape index (κ3) is 2.95. The Balaban J connectivity index is 1.75. The molecule has 7 atom stereocenters. The van der Waals surface area contributed by atoms with Crippen molar-refractivity contribution in [1.82, 2.24) is 0 Å². The van der Waals surface area contributed by atoms with Crippen LogP contribution in [0.2, 0.25) is 0 Å². The third-order valence-electron chi connectivity index (χ3n) is 12.0. The van der Waals surface area contributed by atoms with Gasteiger partial charge in [0.15, 0.2) is 11.6 Å². The molecule has 3 fully saturated rings. The van der Waals surface area contributed by atoms with E-state index in [0.717, 1.165) is 12.0 Å². The Bertz CT molecular complexity index is 1270. The van der Waals surface area contributed by atoms with E-state index in [9.17, 15) is 24.8 Å². The quantitative estimate of drug-likeness (QED) is 0.451. The Morgan fingerprint density at radius 1 is 1.05 bits per heavy atom. The summed E-state index contributed by atoms with van der Waals surface area (Å²) in [7, 11) is 0. The maximum Gasteiger partial charge on any atom is 0.309 e. The van der Waals surface area contributed by atoms with Gasteiger partial charge in [-0.05, 0) is 79.3 Å². The molecule has 0 saturated heterocycles. The molecule has 5 heteroatoms. The van der Waals surface area contributed by atoms with Crippen LogP contribution in [-0.4, -0.2) is 22.6 Å². The highest BCUT2D eigenvalue weighted by atomic mass is 16.4. The van der Waals surface area contributed by atoms with Gasteiger partial charge in [-0.25, -0.2) is 0 Å². The van der Waals surface area contributed by atoms with E-state index in [4.69, 9.17) is 6.42 Å². The van der Waals surface area contributed by atoms with Crippen molar-refractivity contribution in [3.8, 4) is 18.4 Å². The van der Waals surface area contributed by atoms with Gasteiger partial charge in [-0.2, -0.15) is 5.26 Å². The summed E-state index contributed by atoms with van der Waals surface area (Å²) in [6, 6.07) is 2.12. The van der Waals surface area contributed by atoms with Crippen LogP contribution < -0.4 is 0 Å². The summed E-state index contributed by atoms with van der Waals surface area (Å²) >= 11 is 0. The zero-order chi connectivity index (χ0) is 27.4. The number of nitrogens with zero attached hydrogens (tertiary/aromatic N) is 1. The maximum absolute atomic E-state index is 14.3. The van der Waals surface area contributed by atoms with Crippen LogP contribution in [0.25, 0.3) is 0 Å². The fourth-order valence-corrected chi connectivity index (χ4v) is 9.94. The molecule has 0 unspecified atom stereocenters. The molecule has 0 heterocycles. The van der Waals surface area contributed by atoms with Gasteiger partial charge in [-0.15, -0.1) is 6.42 Å². The SMILES string of the molecule is C#C[C@@]12CC[C@H]3C(C)(C)C(=O)C(C#N)=C[C@]3(C)C1=CC(=O)[C@@H]1[C@@H]3CC(C)(C)CC[C@]3(C(=O)O)CC[C@]12C. The number of hydrogen-bond acceptors (Lipinski definition) is 4. The average molecular weight is 502 g/mol. The summed E-state index contributed by atoms with van der Waals surface area (Å²) in [6.45, 7) is 12.4. The second kappa shape index (κ2) is 7.47. The standard InChI is InChI=1S/C32H39NO4/c1-8-32-10-9-22-28(4,5)25(35)19(18-33)16-29(22,6)23(32)15-21(34)24-20-17-27(2,3)11-13-31(20,26(36)37)14-12-30(24,32)7/h1,15-16,20,22,24H,9-14,17H2,2-7H3,(H,36,37)/t20-,22-,24-,29-,30+,31-,32+/m0/s1. The molecule has 0 radical (unpaired) electrons. The van der Waals surface area contributed by atoms with Crippen LogP contribution in [0.4, 0.5) is 0 Å². The van der Waals surface area contributed by atoms with E-state index >= 15 is 0 Å². The second-order valence-electron chi connectivity index (χ2n) is 14.4. The van der Waals surface area contributed by atoms with Gasteiger partial charge >= 0.3 is 5.97 Å². The van der Waals surface area contributed by atoms with Crippen LogP contribution >= 0.6 is 0 Å². The average Bonchev–Trinajstić information content (AvgIpc) is 2.81. The normalized spacial score (nSPS) is 45.5. The molecule has 5 aliphatic rings. The van der Waals surface area contributed by atoms with E-state index in [1.54, 1.807) is 12.2 Å². The lowest BCUT2D eigenvalue weighted by Gasteiger charge is -2.67. The van der Waals surface area contributed by atoms with E-state index < -0.39 is 39.0 Å². The molecule has 5 aliphatic carbocycles. The summed E-state index contributed by atoms with van der Waals surface area (Å²) in [5, 5.41) is 20.3. The number of allylic oxidation sites excluding steroid dienone is 4. The molecule has 5 nitrogen and oxygen atoms in total. The summed E-state index contributed by atoms with van der Waals surface area (Å²) in [5.74, 6) is 1.43. The molecule has 0 amide bonds. The Labute approximate surface area is 220 Å². The first-order valence-electron chi connectivity index (χ1n) is 13.7. The molecule has 0 aromatic carbocycles. The van der Waals surface area contributed by atoms with E-state index in [1.165, 1.54) is 0 Å². The zero-order valence-corrected chi connectivity index (χ0v) is 23.0. The van der Waals surface area contributed by atoms with Crippen molar-refractivity contribution in [3.05, 3.63) is 23.3 Å². The van der Waals surface area contributed by atoms with Crippen molar-refractivity contribution < 1.29 is 19.5 Å². The van der Waals surface area contributed by atoms with Crippen molar-refractivity contribution in [1.29, 1.82) is 5.26 Å². The summed E-state index contributed by atoms with van der Waals surface area (Å²) in [4.78, 5) is 40.3. The molecule has 0 aromatic rings. The molecule has 196 valence electrons.